The molecule has 0 bridgehead atoms. The Morgan fingerprint density at radius 1 is 0.732 bits per heavy atom. The van der Waals surface area contributed by atoms with E-state index in [0.29, 0.717) is 48.6 Å². The van der Waals surface area contributed by atoms with Crippen LogP contribution in [0.15, 0.2) is 36.4 Å². The van der Waals surface area contributed by atoms with Crippen molar-refractivity contribution < 1.29 is 76.2 Å². The van der Waals surface area contributed by atoms with E-state index in [2.05, 4.69) is 138 Å². The van der Waals surface area contributed by atoms with Crippen LogP contribution in [0.4, 0.5) is 0 Å². The van der Waals surface area contributed by atoms with Crippen LogP contribution in [0, 0.1) is 49.4 Å². The number of halogens is 2. The highest BCUT2D eigenvalue weighted by Gasteiger charge is 2.36. The fourth-order valence-corrected chi connectivity index (χ4v) is 9.56. The van der Waals surface area contributed by atoms with Gasteiger partial charge in [0.25, 0.3) is 11.6 Å². The van der Waals surface area contributed by atoms with E-state index in [-0.39, 0.29) is 72.1 Å². The second kappa shape index (κ2) is 21.2. The highest BCUT2D eigenvalue weighted by molar-refractivity contribution is 5.77. The van der Waals surface area contributed by atoms with Crippen molar-refractivity contribution >= 4 is 34.0 Å². The molecule has 0 spiro atoms. The van der Waals surface area contributed by atoms with Crippen molar-refractivity contribution in [3.05, 3.63) is 59.2 Å². The molecule has 2 aromatic heterocycles. The molecule has 8 nitrogen and oxygen atoms in total. The molecule has 312 valence electrons. The van der Waals surface area contributed by atoms with Crippen LogP contribution in [0.2, 0.25) is 0 Å². The Balaban J connectivity index is 0.000000290. The van der Waals surface area contributed by atoms with Crippen molar-refractivity contribution in [1.29, 1.82) is 0 Å². The molecule has 0 radical (unpaired) electrons. The molecule has 0 saturated heterocycles. The normalized spacial score (nSPS) is 22.3. The number of rotatable bonds is 10. The summed E-state index contributed by atoms with van der Waals surface area (Å²) < 4.78 is 20.8. The van der Waals surface area contributed by atoms with Crippen molar-refractivity contribution in [3.8, 4) is 0 Å². The van der Waals surface area contributed by atoms with Crippen LogP contribution in [0.3, 0.4) is 0 Å². The van der Waals surface area contributed by atoms with Gasteiger partial charge in [-0.25, -0.2) is 27.9 Å². The smallest absolute Gasteiger partial charge is 0.348 e. The summed E-state index contributed by atoms with van der Waals surface area (Å²) in [6, 6.07) is 12.9. The van der Waals surface area contributed by atoms with Crippen molar-refractivity contribution in [2.45, 2.75) is 146 Å². The molecule has 10 heteroatoms. The lowest BCUT2D eigenvalue weighted by molar-refractivity contribution is -0.668. The summed E-state index contributed by atoms with van der Waals surface area (Å²) in [4.78, 5) is 25.8. The van der Waals surface area contributed by atoms with Gasteiger partial charge in [0, 0.05) is 12.8 Å². The average Bonchev–Trinajstić information content (AvgIpc) is 3.51. The zero-order valence-corrected chi connectivity index (χ0v) is 40.6. The molecule has 2 saturated carbocycles. The third-order valence-corrected chi connectivity index (χ3v) is 12.7. The van der Waals surface area contributed by atoms with Gasteiger partial charge in [-0.05, 0) is 110 Å². The number of fused-ring (bicyclic) bond motifs is 2. The molecule has 2 aliphatic rings. The van der Waals surface area contributed by atoms with Crippen molar-refractivity contribution in [3.63, 3.8) is 0 Å². The van der Waals surface area contributed by atoms with Gasteiger partial charge in [0.15, 0.2) is 35.2 Å². The molecular weight excluding hydrogens is 926 g/mol. The van der Waals surface area contributed by atoms with Gasteiger partial charge >= 0.3 is 11.9 Å². The molecular formula is C46H70I2N4O4. The number of aryl methyl sites for hydroxylation is 4. The van der Waals surface area contributed by atoms with E-state index in [9.17, 15) is 9.59 Å². The molecule has 56 heavy (non-hydrogen) atoms. The van der Waals surface area contributed by atoms with Gasteiger partial charge in [-0.3, -0.25) is 0 Å². The predicted octanol–water partition coefficient (Wildman–Crippen LogP) is 2.69. The Labute approximate surface area is 371 Å². The number of imidazole rings is 2. The summed E-state index contributed by atoms with van der Waals surface area (Å²) in [7, 11) is 4.16. The standard InChI is InChI=1S/2C23H35N2O2.2HI/c1-7-22-24(6)20-12-16(4)9-11-19(20)25(22)14-23(26)27-21-13-17(5)8-10-18(21)15(2)3;1-7-22-24(6)19-11-9-16(4)12-20(19)25(22)14-23(26)27-21-13-17(5)8-10-18(21)15(2)3;;/h2*9,11-12,15,17-18,21H,7-8,10,13-14H2,1-6H3;2*1H/q2*+1;;/p-2/t2*17-,18+,21-;;/m11../s1. The second-order valence-electron chi connectivity index (χ2n) is 17.5. The highest BCUT2D eigenvalue weighted by atomic mass is 127. The molecule has 2 aliphatic carbocycles. The van der Waals surface area contributed by atoms with E-state index in [0.717, 1.165) is 66.7 Å². The van der Waals surface area contributed by atoms with Crippen molar-refractivity contribution in [2.24, 2.45) is 49.6 Å². The number of carbonyl (C=O) groups is 2. The highest BCUT2D eigenvalue weighted by Crippen LogP contribution is 2.36. The quantitative estimate of drug-likeness (QED) is 0.140. The van der Waals surface area contributed by atoms with Gasteiger partial charge < -0.3 is 57.4 Å². The summed E-state index contributed by atoms with van der Waals surface area (Å²) >= 11 is 0. The van der Waals surface area contributed by atoms with Gasteiger partial charge in [-0.15, -0.1) is 0 Å². The van der Waals surface area contributed by atoms with E-state index in [1.807, 2.05) is 0 Å². The zero-order chi connectivity index (χ0) is 39.4. The molecule has 0 unspecified atom stereocenters. The summed E-state index contributed by atoms with van der Waals surface area (Å²) in [5.74, 6) is 5.44. The number of benzene rings is 2. The minimum atomic E-state index is -0.104. The van der Waals surface area contributed by atoms with Gasteiger partial charge in [-0.2, -0.15) is 0 Å². The van der Waals surface area contributed by atoms with Crippen molar-refractivity contribution in [2.75, 3.05) is 0 Å². The van der Waals surface area contributed by atoms with Crippen LogP contribution in [0.25, 0.3) is 22.1 Å². The minimum Gasteiger partial charge on any atom is -1.00 e. The molecule has 4 aromatic rings. The first-order valence-corrected chi connectivity index (χ1v) is 21.0. The number of nitrogens with zero attached hydrogens (tertiary/aromatic N) is 4. The van der Waals surface area contributed by atoms with Crippen LogP contribution in [-0.4, -0.2) is 33.3 Å². The second-order valence-corrected chi connectivity index (χ2v) is 17.5. The fraction of sp³-hybridized carbons (Fsp3) is 0.652. The lowest BCUT2D eigenvalue weighted by atomic mass is 9.75. The summed E-state index contributed by atoms with van der Waals surface area (Å²) in [6.07, 6.45) is 8.69. The summed E-state index contributed by atoms with van der Waals surface area (Å²) in [6.45, 7) is 22.6. The average molecular weight is 997 g/mol. The first kappa shape index (κ1) is 48.2. The number of carbonyl (C=O) groups excluding carboxylic acids is 2. The van der Waals surface area contributed by atoms with E-state index < -0.39 is 0 Å². The Morgan fingerprint density at radius 3 is 1.71 bits per heavy atom. The molecule has 0 N–H and O–H groups in total. The van der Waals surface area contributed by atoms with E-state index >= 15 is 0 Å². The largest absolute Gasteiger partial charge is 1.00 e. The Kier molecular flexibility index (Phi) is 18.2. The molecule has 6 atom stereocenters. The van der Waals surface area contributed by atoms with Crippen molar-refractivity contribution in [1.82, 2.24) is 9.13 Å². The number of esters is 2. The lowest BCUT2D eigenvalue weighted by Gasteiger charge is -2.36. The molecule has 2 aromatic carbocycles. The third-order valence-electron chi connectivity index (χ3n) is 12.7. The van der Waals surface area contributed by atoms with E-state index in [1.165, 1.54) is 29.5 Å². The summed E-state index contributed by atoms with van der Waals surface area (Å²) in [5, 5.41) is 0. The predicted molar refractivity (Wildman–Crippen MR) is 217 cm³/mol. The van der Waals surface area contributed by atoms with Crippen LogP contribution >= 0.6 is 0 Å². The Morgan fingerprint density at radius 2 is 1.21 bits per heavy atom. The van der Waals surface area contributed by atoms with Crippen LogP contribution in [0.5, 0.6) is 0 Å². The van der Waals surface area contributed by atoms with Gasteiger partial charge in [-0.1, -0.05) is 80.4 Å². The van der Waals surface area contributed by atoms with E-state index in [1.54, 1.807) is 0 Å². The molecule has 6 rings (SSSR count). The minimum absolute atomic E-state index is 0. The Hall–Kier alpha value is -2.22. The van der Waals surface area contributed by atoms with E-state index in [4.69, 9.17) is 9.47 Å². The molecule has 0 aliphatic heterocycles. The van der Waals surface area contributed by atoms with Crippen LogP contribution in [0.1, 0.15) is 117 Å². The number of hydrogen-bond acceptors (Lipinski definition) is 4. The first-order valence-electron chi connectivity index (χ1n) is 21.0. The Bertz CT molecular complexity index is 1930. The molecule has 0 amide bonds. The number of hydrogen-bond donors (Lipinski definition) is 0. The molecule has 2 fully saturated rings. The van der Waals surface area contributed by atoms with Gasteiger partial charge in [0.2, 0.25) is 0 Å². The monoisotopic (exact) mass is 996 g/mol. The first-order chi connectivity index (χ1) is 25.6. The maximum absolute atomic E-state index is 12.9. The maximum atomic E-state index is 12.9. The van der Waals surface area contributed by atoms with Crippen LogP contribution in [-0.2, 0) is 59.1 Å². The fourth-order valence-electron chi connectivity index (χ4n) is 9.56. The maximum Gasteiger partial charge on any atom is 0.348 e. The van der Waals surface area contributed by atoms with Gasteiger partial charge in [0.1, 0.15) is 12.2 Å². The summed E-state index contributed by atoms with van der Waals surface area (Å²) in [5.41, 5.74) is 7.00. The zero-order valence-electron chi connectivity index (χ0n) is 36.3. The van der Waals surface area contributed by atoms with Crippen LogP contribution < -0.4 is 57.1 Å². The third kappa shape index (κ3) is 11.1. The molecule has 2 heterocycles. The van der Waals surface area contributed by atoms with Gasteiger partial charge in [0.05, 0.1) is 14.1 Å². The topological polar surface area (TPSA) is 70.2 Å². The SMILES string of the molecule is CCc1n(C)c2cc(C)ccc2[n+]1CC(=O)O[C@@H]1C[C@H](C)CC[C@H]1C(C)C.CCc1n(CC(=O)O[C@@H]2C[C@H](C)CC[C@H]2C(C)C)c2cc(C)ccc2[n+]1C.[I-].[I-]. The lowest BCUT2D eigenvalue weighted by Crippen LogP contribution is -3.00. The number of ether oxygens (including phenoxy) is 2. The number of aromatic nitrogens is 4.